The summed E-state index contributed by atoms with van der Waals surface area (Å²) >= 11 is 1.58. The zero-order chi connectivity index (χ0) is 15.1. The Morgan fingerprint density at radius 3 is 2.71 bits per heavy atom. The number of benzene rings is 1. The maximum atomic E-state index is 5.37. The highest BCUT2D eigenvalue weighted by Crippen LogP contribution is 2.31. The van der Waals surface area contributed by atoms with Gasteiger partial charge in [0.1, 0.15) is 6.26 Å². The van der Waals surface area contributed by atoms with Crippen LogP contribution in [0.4, 0.5) is 0 Å². The number of ether oxygens (including phenoxy) is 2. The Balaban J connectivity index is 2.13. The van der Waals surface area contributed by atoms with Crippen LogP contribution >= 0.6 is 11.8 Å². The predicted molar refractivity (Wildman–Crippen MR) is 83.2 cm³/mol. The largest absolute Gasteiger partial charge is 0.493 e. The Morgan fingerprint density at radius 2 is 2.10 bits per heavy atom. The van der Waals surface area contributed by atoms with E-state index >= 15 is 0 Å². The number of hydrogen-bond acceptors (Lipinski definition) is 6. The van der Waals surface area contributed by atoms with Crippen molar-refractivity contribution in [1.29, 1.82) is 0 Å². The first-order valence-electron chi connectivity index (χ1n) is 6.76. The van der Waals surface area contributed by atoms with Crippen LogP contribution in [0.2, 0.25) is 0 Å². The van der Waals surface area contributed by atoms with E-state index in [2.05, 4.69) is 17.2 Å². The van der Waals surface area contributed by atoms with Crippen LogP contribution in [0.3, 0.4) is 0 Å². The van der Waals surface area contributed by atoms with Crippen molar-refractivity contribution in [3.05, 3.63) is 36.2 Å². The topological polar surface area (TPSA) is 56.5 Å². The van der Waals surface area contributed by atoms with Gasteiger partial charge in [0.15, 0.2) is 11.5 Å². The van der Waals surface area contributed by atoms with Crippen LogP contribution in [-0.2, 0) is 0 Å². The summed E-state index contributed by atoms with van der Waals surface area (Å²) in [6.07, 6.45) is 3.24. The molecule has 1 aromatic heterocycles. The molecule has 5 nitrogen and oxygen atoms in total. The fourth-order valence-corrected chi connectivity index (χ4v) is 2.90. The van der Waals surface area contributed by atoms with E-state index in [9.17, 15) is 0 Å². The standard InChI is InChI=1S/C15H20N2O3S/c1-4-16-12(10-21-15-17-7-8-20-15)11-5-6-13(18-2)14(9-11)19-3/h5-9,12,16H,4,10H2,1-3H3. The van der Waals surface area contributed by atoms with Crippen molar-refractivity contribution >= 4 is 11.8 Å². The van der Waals surface area contributed by atoms with E-state index in [4.69, 9.17) is 13.9 Å². The summed E-state index contributed by atoms with van der Waals surface area (Å²) in [7, 11) is 3.28. The van der Waals surface area contributed by atoms with Gasteiger partial charge in [0.05, 0.1) is 20.4 Å². The van der Waals surface area contributed by atoms with Crippen molar-refractivity contribution in [1.82, 2.24) is 10.3 Å². The molecule has 0 amide bonds. The summed E-state index contributed by atoms with van der Waals surface area (Å²) in [6, 6.07) is 6.16. The minimum Gasteiger partial charge on any atom is -0.493 e. The van der Waals surface area contributed by atoms with E-state index in [1.807, 2.05) is 18.2 Å². The van der Waals surface area contributed by atoms with Crippen LogP contribution in [0.15, 0.2) is 40.3 Å². The molecule has 1 aromatic carbocycles. The Hall–Kier alpha value is -1.66. The van der Waals surface area contributed by atoms with Crippen molar-refractivity contribution in [2.45, 2.75) is 18.2 Å². The van der Waals surface area contributed by atoms with Crippen molar-refractivity contribution in [2.24, 2.45) is 0 Å². The molecule has 0 aliphatic rings. The van der Waals surface area contributed by atoms with E-state index in [0.29, 0.717) is 5.22 Å². The molecule has 6 heteroatoms. The molecule has 1 N–H and O–H groups in total. The van der Waals surface area contributed by atoms with Gasteiger partial charge < -0.3 is 19.2 Å². The molecule has 0 aliphatic heterocycles. The summed E-state index contributed by atoms with van der Waals surface area (Å²) in [5.74, 6) is 2.29. The van der Waals surface area contributed by atoms with Crippen LogP contribution in [0, 0.1) is 0 Å². The molecule has 1 unspecified atom stereocenters. The van der Waals surface area contributed by atoms with Crippen molar-refractivity contribution < 1.29 is 13.9 Å². The van der Waals surface area contributed by atoms with Gasteiger partial charge in [-0.25, -0.2) is 4.98 Å². The normalized spacial score (nSPS) is 12.1. The fraction of sp³-hybridized carbons (Fsp3) is 0.400. The van der Waals surface area contributed by atoms with E-state index in [1.54, 1.807) is 38.4 Å². The van der Waals surface area contributed by atoms with Crippen LogP contribution in [-0.4, -0.2) is 31.5 Å². The highest BCUT2D eigenvalue weighted by atomic mass is 32.2. The molecular formula is C15H20N2O3S. The maximum Gasteiger partial charge on any atom is 0.255 e. The highest BCUT2D eigenvalue weighted by molar-refractivity contribution is 7.99. The van der Waals surface area contributed by atoms with Crippen LogP contribution in [0.25, 0.3) is 0 Å². The summed E-state index contributed by atoms with van der Waals surface area (Å²) in [5, 5.41) is 4.14. The number of oxazole rings is 1. The Bertz CT molecular complexity index is 546. The third-order valence-electron chi connectivity index (χ3n) is 3.04. The number of nitrogens with zero attached hydrogens (tertiary/aromatic N) is 1. The molecule has 2 aromatic rings. The summed E-state index contributed by atoms with van der Waals surface area (Å²) < 4.78 is 15.9. The van der Waals surface area contributed by atoms with E-state index in [1.165, 1.54) is 0 Å². The summed E-state index contributed by atoms with van der Waals surface area (Å²) in [5.41, 5.74) is 1.15. The van der Waals surface area contributed by atoms with Gasteiger partial charge in [0, 0.05) is 11.8 Å². The monoisotopic (exact) mass is 308 g/mol. The third kappa shape index (κ3) is 4.15. The van der Waals surface area contributed by atoms with Crippen LogP contribution < -0.4 is 14.8 Å². The Labute approximate surface area is 129 Å². The molecule has 1 heterocycles. The average molecular weight is 308 g/mol. The van der Waals surface area contributed by atoms with Crippen molar-refractivity contribution in [3.63, 3.8) is 0 Å². The lowest BCUT2D eigenvalue weighted by molar-refractivity contribution is 0.354. The van der Waals surface area contributed by atoms with E-state index in [0.717, 1.165) is 29.4 Å². The summed E-state index contributed by atoms with van der Waals surface area (Å²) in [6.45, 7) is 2.97. The second kappa shape index (κ2) is 7.95. The Kier molecular flexibility index (Phi) is 5.95. The predicted octanol–water partition coefficient (Wildman–Crippen LogP) is 3.13. The second-order valence-corrected chi connectivity index (χ2v) is 5.30. The molecular weight excluding hydrogens is 288 g/mol. The zero-order valence-electron chi connectivity index (χ0n) is 12.5. The summed E-state index contributed by atoms with van der Waals surface area (Å²) in [4.78, 5) is 4.13. The molecule has 21 heavy (non-hydrogen) atoms. The molecule has 0 fully saturated rings. The molecule has 0 radical (unpaired) electrons. The van der Waals surface area contributed by atoms with Crippen molar-refractivity contribution in [3.8, 4) is 11.5 Å². The van der Waals surface area contributed by atoms with Crippen LogP contribution in [0.5, 0.6) is 11.5 Å². The highest BCUT2D eigenvalue weighted by Gasteiger charge is 2.15. The molecule has 0 saturated carbocycles. The van der Waals surface area contributed by atoms with Gasteiger partial charge in [-0.15, -0.1) is 0 Å². The molecule has 0 saturated heterocycles. The van der Waals surface area contributed by atoms with Gasteiger partial charge in [0.25, 0.3) is 5.22 Å². The molecule has 2 rings (SSSR count). The zero-order valence-corrected chi connectivity index (χ0v) is 13.3. The van der Waals surface area contributed by atoms with Crippen LogP contribution in [0.1, 0.15) is 18.5 Å². The first-order valence-corrected chi connectivity index (χ1v) is 7.74. The quantitative estimate of drug-likeness (QED) is 0.756. The lowest BCUT2D eigenvalue weighted by Gasteiger charge is -2.19. The van der Waals surface area contributed by atoms with Gasteiger partial charge >= 0.3 is 0 Å². The number of hydrogen-bond donors (Lipinski definition) is 1. The smallest absolute Gasteiger partial charge is 0.255 e. The molecule has 1 atom stereocenters. The number of rotatable bonds is 8. The minimum absolute atomic E-state index is 0.187. The second-order valence-electron chi connectivity index (χ2n) is 4.33. The third-order valence-corrected chi connectivity index (χ3v) is 3.99. The lowest BCUT2D eigenvalue weighted by atomic mass is 10.1. The van der Waals surface area contributed by atoms with Crippen molar-refractivity contribution in [2.75, 3.05) is 26.5 Å². The van der Waals surface area contributed by atoms with Gasteiger partial charge in [-0.05, 0) is 24.2 Å². The number of methoxy groups -OCH3 is 2. The molecule has 114 valence electrons. The van der Waals surface area contributed by atoms with E-state index in [-0.39, 0.29) is 6.04 Å². The molecule has 0 aliphatic carbocycles. The SMILES string of the molecule is CCNC(CSc1ncco1)c1ccc(OC)c(OC)c1. The number of thioether (sulfide) groups is 1. The molecule has 0 spiro atoms. The lowest BCUT2D eigenvalue weighted by Crippen LogP contribution is -2.23. The molecule has 0 bridgehead atoms. The van der Waals surface area contributed by atoms with Gasteiger partial charge in [-0.3, -0.25) is 0 Å². The number of nitrogens with one attached hydrogen (secondary N) is 1. The fourth-order valence-electron chi connectivity index (χ4n) is 2.03. The maximum absolute atomic E-state index is 5.37. The van der Waals surface area contributed by atoms with Gasteiger partial charge in [-0.2, -0.15) is 0 Å². The average Bonchev–Trinajstić information content (AvgIpc) is 3.04. The number of aromatic nitrogens is 1. The first-order chi connectivity index (χ1) is 10.3. The van der Waals surface area contributed by atoms with E-state index < -0.39 is 0 Å². The first kappa shape index (κ1) is 15.7. The minimum atomic E-state index is 0.187. The van der Waals surface area contributed by atoms with Gasteiger partial charge in [0.2, 0.25) is 0 Å². The van der Waals surface area contributed by atoms with Gasteiger partial charge in [-0.1, -0.05) is 24.8 Å². The Morgan fingerprint density at radius 1 is 1.29 bits per heavy atom.